The number of carbonyl (C=O) groups excluding carboxylic acids is 1. The van der Waals surface area contributed by atoms with Crippen LogP contribution in [0.1, 0.15) is 35.4 Å². The van der Waals surface area contributed by atoms with Crippen molar-refractivity contribution in [3.8, 4) is 11.9 Å². The topological polar surface area (TPSA) is 66.2 Å². The van der Waals surface area contributed by atoms with Gasteiger partial charge in [0, 0.05) is 37.6 Å². The molecule has 1 saturated heterocycles. The maximum Gasteiger partial charge on any atom is 0.223 e. The molecule has 5 nitrogen and oxygen atoms in total. The number of benzene rings is 2. The second-order valence-corrected chi connectivity index (χ2v) is 7.44. The van der Waals surface area contributed by atoms with Gasteiger partial charge in [-0.05, 0) is 17.2 Å². The van der Waals surface area contributed by atoms with Gasteiger partial charge in [-0.15, -0.1) is 0 Å². The van der Waals surface area contributed by atoms with Crippen LogP contribution < -0.4 is 4.74 Å². The van der Waals surface area contributed by atoms with Gasteiger partial charge in [0.05, 0.1) is 18.2 Å². The van der Waals surface area contributed by atoms with Crippen LogP contribution in [-0.2, 0) is 4.79 Å². The Kier molecular flexibility index (Phi) is 6.05. The lowest BCUT2D eigenvalue weighted by atomic mass is 9.88. The number of ether oxygens (including phenoxy) is 1. The first-order valence-electron chi connectivity index (χ1n) is 10.1. The van der Waals surface area contributed by atoms with E-state index in [9.17, 15) is 4.79 Å². The van der Waals surface area contributed by atoms with Crippen molar-refractivity contribution in [3.05, 3.63) is 95.7 Å². The number of carbonyl (C=O) groups is 1. The number of aromatic nitrogens is 1. The summed E-state index contributed by atoms with van der Waals surface area (Å²) in [5.41, 5.74) is 2.79. The third-order valence-corrected chi connectivity index (χ3v) is 5.43. The molecule has 0 N–H and O–H groups in total. The molecule has 0 saturated carbocycles. The van der Waals surface area contributed by atoms with E-state index in [-0.39, 0.29) is 17.9 Å². The molecule has 1 unspecified atom stereocenters. The average Bonchev–Trinajstić information content (AvgIpc) is 3.27. The molecule has 2 aromatic carbocycles. The normalized spacial score (nSPS) is 15.7. The van der Waals surface area contributed by atoms with Crippen LogP contribution in [0.4, 0.5) is 0 Å². The Labute approximate surface area is 176 Å². The van der Waals surface area contributed by atoms with E-state index in [1.165, 1.54) is 0 Å². The number of nitriles is 1. The van der Waals surface area contributed by atoms with Crippen molar-refractivity contribution >= 4 is 5.91 Å². The third kappa shape index (κ3) is 4.66. The van der Waals surface area contributed by atoms with Crippen LogP contribution in [0.25, 0.3) is 0 Å². The number of amides is 1. The second-order valence-electron chi connectivity index (χ2n) is 7.44. The van der Waals surface area contributed by atoms with E-state index in [0.29, 0.717) is 31.0 Å². The summed E-state index contributed by atoms with van der Waals surface area (Å²) in [6, 6.07) is 25.7. The monoisotopic (exact) mass is 397 g/mol. The lowest BCUT2D eigenvalue weighted by Crippen LogP contribution is -2.32. The Balaban J connectivity index is 1.43. The van der Waals surface area contributed by atoms with E-state index in [4.69, 9.17) is 10.00 Å². The molecule has 1 atom stereocenters. The van der Waals surface area contributed by atoms with Crippen molar-refractivity contribution in [1.82, 2.24) is 9.88 Å². The molecule has 1 fully saturated rings. The van der Waals surface area contributed by atoms with E-state index < -0.39 is 0 Å². The predicted molar refractivity (Wildman–Crippen MR) is 114 cm³/mol. The molecule has 2 heterocycles. The highest BCUT2D eigenvalue weighted by Crippen LogP contribution is 2.29. The van der Waals surface area contributed by atoms with E-state index in [1.54, 1.807) is 18.3 Å². The predicted octanol–water partition coefficient (Wildman–Crippen LogP) is 4.16. The molecule has 0 bridgehead atoms. The minimum atomic E-state index is -0.109. The molecule has 1 aromatic heterocycles. The van der Waals surface area contributed by atoms with Gasteiger partial charge in [0.15, 0.2) is 0 Å². The van der Waals surface area contributed by atoms with Crippen LogP contribution in [0, 0.1) is 11.3 Å². The Hall–Kier alpha value is -3.65. The quantitative estimate of drug-likeness (QED) is 0.627. The van der Waals surface area contributed by atoms with Crippen LogP contribution >= 0.6 is 0 Å². The molecule has 5 heteroatoms. The molecule has 3 aromatic rings. The smallest absolute Gasteiger partial charge is 0.223 e. The summed E-state index contributed by atoms with van der Waals surface area (Å²) in [5, 5.41) is 9.02. The van der Waals surface area contributed by atoms with Gasteiger partial charge in [0.1, 0.15) is 6.10 Å². The molecule has 150 valence electrons. The highest BCUT2D eigenvalue weighted by Gasteiger charge is 2.30. The Morgan fingerprint density at radius 2 is 1.77 bits per heavy atom. The van der Waals surface area contributed by atoms with Gasteiger partial charge in [0.2, 0.25) is 11.8 Å². The summed E-state index contributed by atoms with van der Waals surface area (Å²) in [6.07, 6.45) is 2.63. The first-order valence-corrected chi connectivity index (χ1v) is 10.1. The van der Waals surface area contributed by atoms with E-state index in [1.807, 2.05) is 41.3 Å². The second kappa shape index (κ2) is 9.23. The first kappa shape index (κ1) is 19.7. The van der Waals surface area contributed by atoms with Crippen LogP contribution in [0.2, 0.25) is 0 Å². The third-order valence-electron chi connectivity index (χ3n) is 5.43. The van der Waals surface area contributed by atoms with Gasteiger partial charge < -0.3 is 9.64 Å². The zero-order valence-electron chi connectivity index (χ0n) is 16.6. The summed E-state index contributed by atoms with van der Waals surface area (Å²) >= 11 is 0. The van der Waals surface area contributed by atoms with E-state index in [0.717, 1.165) is 17.5 Å². The minimum absolute atomic E-state index is 0.0221. The molecule has 1 aliphatic rings. The summed E-state index contributed by atoms with van der Waals surface area (Å²) in [5.74, 6) is 0.575. The van der Waals surface area contributed by atoms with Crippen molar-refractivity contribution in [3.63, 3.8) is 0 Å². The highest BCUT2D eigenvalue weighted by atomic mass is 16.5. The summed E-state index contributed by atoms with van der Waals surface area (Å²) in [7, 11) is 0. The van der Waals surface area contributed by atoms with Gasteiger partial charge in [-0.3, -0.25) is 4.79 Å². The summed E-state index contributed by atoms with van der Waals surface area (Å²) in [6.45, 7) is 1.20. The lowest BCUT2D eigenvalue weighted by Gasteiger charge is -2.22. The fourth-order valence-electron chi connectivity index (χ4n) is 3.87. The van der Waals surface area contributed by atoms with Gasteiger partial charge in [-0.2, -0.15) is 5.26 Å². The number of hydrogen-bond acceptors (Lipinski definition) is 4. The average molecular weight is 397 g/mol. The van der Waals surface area contributed by atoms with Crippen molar-refractivity contribution < 1.29 is 9.53 Å². The molecule has 0 radical (unpaired) electrons. The van der Waals surface area contributed by atoms with Crippen molar-refractivity contribution in [2.75, 3.05) is 13.1 Å². The minimum Gasteiger partial charge on any atom is -0.472 e. The molecule has 1 amide bonds. The molecule has 4 rings (SSSR count). The molecular formula is C25H23N3O2. The summed E-state index contributed by atoms with van der Waals surface area (Å²) in [4.78, 5) is 19.2. The van der Waals surface area contributed by atoms with Gasteiger partial charge in [-0.25, -0.2) is 4.98 Å². The van der Waals surface area contributed by atoms with Crippen LogP contribution in [-0.4, -0.2) is 35.0 Å². The Bertz CT molecular complexity index is 992. The van der Waals surface area contributed by atoms with Crippen molar-refractivity contribution in [1.29, 1.82) is 5.26 Å². The lowest BCUT2D eigenvalue weighted by molar-refractivity contribution is -0.130. The zero-order valence-corrected chi connectivity index (χ0v) is 16.6. The maximum absolute atomic E-state index is 13.1. The molecule has 0 aliphatic carbocycles. The number of nitrogens with zero attached hydrogens (tertiary/aromatic N) is 3. The van der Waals surface area contributed by atoms with Gasteiger partial charge in [0.25, 0.3) is 0 Å². The zero-order chi connectivity index (χ0) is 20.8. The standard InChI is InChI=1S/C25H23N3O2/c26-17-19-11-13-27-24(15-19)30-22-12-14-28(18-22)25(29)16-23(20-7-3-1-4-8-20)21-9-5-2-6-10-21/h1-11,13,15,22-23H,12,14,16,18H2. The number of pyridine rings is 1. The van der Waals surface area contributed by atoms with Crippen LogP contribution in [0.15, 0.2) is 79.0 Å². The molecule has 30 heavy (non-hydrogen) atoms. The number of rotatable bonds is 6. The Morgan fingerprint density at radius 3 is 2.40 bits per heavy atom. The van der Waals surface area contributed by atoms with Crippen LogP contribution in [0.3, 0.4) is 0 Å². The SMILES string of the molecule is N#Cc1ccnc(OC2CCN(C(=O)CC(c3ccccc3)c3ccccc3)C2)c1. The number of hydrogen-bond donors (Lipinski definition) is 0. The molecule has 0 spiro atoms. The van der Waals surface area contributed by atoms with Crippen molar-refractivity contribution in [2.45, 2.75) is 24.9 Å². The Morgan fingerprint density at radius 1 is 1.10 bits per heavy atom. The molecule has 1 aliphatic heterocycles. The largest absolute Gasteiger partial charge is 0.472 e. The van der Waals surface area contributed by atoms with Gasteiger partial charge >= 0.3 is 0 Å². The van der Waals surface area contributed by atoms with Crippen LogP contribution in [0.5, 0.6) is 5.88 Å². The van der Waals surface area contributed by atoms with E-state index in [2.05, 4.69) is 35.3 Å². The highest BCUT2D eigenvalue weighted by molar-refractivity contribution is 5.78. The van der Waals surface area contributed by atoms with E-state index >= 15 is 0 Å². The molecular weight excluding hydrogens is 374 g/mol. The first-order chi connectivity index (χ1) is 14.7. The maximum atomic E-state index is 13.1. The fraction of sp³-hybridized carbons (Fsp3) is 0.240. The summed E-state index contributed by atoms with van der Waals surface area (Å²) < 4.78 is 5.92. The number of likely N-dealkylation sites (tertiary alicyclic amines) is 1. The van der Waals surface area contributed by atoms with Crippen molar-refractivity contribution in [2.24, 2.45) is 0 Å². The fourth-order valence-corrected chi connectivity index (χ4v) is 3.87. The van der Waals surface area contributed by atoms with Gasteiger partial charge in [-0.1, -0.05) is 60.7 Å².